The van der Waals surface area contributed by atoms with E-state index in [1.807, 2.05) is 6.07 Å². The second-order valence-electron chi connectivity index (χ2n) is 5.95. The first-order valence-corrected chi connectivity index (χ1v) is 7.88. The first-order valence-electron chi connectivity index (χ1n) is 7.88. The Morgan fingerprint density at radius 1 is 1.33 bits per heavy atom. The lowest BCUT2D eigenvalue weighted by atomic mass is 10.0. The first kappa shape index (κ1) is 15.6. The molecule has 0 aliphatic carbocycles. The van der Waals surface area contributed by atoms with E-state index in [1.54, 1.807) is 12.1 Å². The molecule has 1 atom stereocenters. The van der Waals surface area contributed by atoms with Crippen molar-refractivity contribution in [2.75, 3.05) is 29.9 Å². The van der Waals surface area contributed by atoms with Crippen LogP contribution >= 0.6 is 0 Å². The molecule has 0 spiro atoms. The monoisotopic (exact) mass is 291 g/mol. The van der Waals surface area contributed by atoms with Crippen LogP contribution in [0.1, 0.15) is 39.5 Å². The largest absolute Gasteiger partial charge is 0.385 e. The van der Waals surface area contributed by atoms with Crippen LogP contribution in [0, 0.1) is 16.0 Å². The Hall–Kier alpha value is -1.78. The Morgan fingerprint density at radius 2 is 2.14 bits per heavy atom. The number of rotatable bonds is 5. The molecule has 1 N–H and O–H groups in total. The first-order chi connectivity index (χ1) is 10.1. The highest BCUT2D eigenvalue weighted by Crippen LogP contribution is 2.29. The quantitative estimate of drug-likeness (QED) is 0.657. The Balaban J connectivity index is 2.23. The van der Waals surface area contributed by atoms with Gasteiger partial charge in [0.25, 0.3) is 5.69 Å². The highest BCUT2D eigenvalue weighted by Gasteiger charge is 2.17. The second-order valence-corrected chi connectivity index (χ2v) is 5.95. The average molecular weight is 291 g/mol. The van der Waals surface area contributed by atoms with E-state index in [-0.39, 0.29) is 10.6 Å². The van der Waals surface area contributed by atoms with Crippen LogP contribution in [-0.2, 0) is 0 Å². The normalized spacial score (nSPS) is 19.1. The fraction of sp³-hybridized carbons (Fsp3) is 0.625. The van der Waals surface area contributed by atoms with Gasteiger partial charge in [0.2, 0.25) is 0 Å². The summed E-state index contributed by atoms with van der Waals surface area (Å²) in [7, 11) is 0. The smallest absolute Gasteiger partial charge is 0.273 e. The molecule has 1 aromatic carbocycles. The molecule has 1 saturated heterocycles. The Bertz CT molecular complexity index is 490. The van der Waals surface area contributed by atoms with Gasteiger partial charge in [-0.25, -0.2) is 0 Å². The minimum absolute atomic E-state index is 0.170. The zero-order valence-electron chi connectivity index (χ0n) is 13.0. The van der Waals surface area contributed by atoms with Crippen molar-refractivity contribution in [2.24, 2.45) is 5.92 Å². The van der Waals surface area contributed by atoms with Gasteiger partial charge in [0.15, 0.2) is 0 Å². The van der Waals surface area contributed by atoms with E-state index in [1.165, 1.54) is 6.42 Å². The van der Waals surface area contributed by atoms with Crippen LogP contribution in [0.25, 0.3) is 0 Å². The molecule has 0 aromatic heterocycles. The van der Waals surface area contributed by atoms with Crippen molar-refractivity contribution in [3.63, 3.8) is 0 Å². The van der Waals surface area contributed by atoms with E-state index in [2.05, 4.69) is 24.1 Å². The molecule has 1 heterocycles. The van der Waals surface area contributed by atoms with Crippen LogP contribution < -0.4 is 10.2 Å². The molecule has 5 nitrogen and oxygen atoms in total. The molecule has 0 saturated carbocycles. The predicted octanol–water partition coefficient (Wildman–Crippen LogP) is 4.04. The minimum Gasteiger partial charge on any atom is -0.385 e. The van der Waals surface area contributed by atoms with E-state index in [0.29, 0.717) is 0 Å². The van der Waals surface area contributed by atoms with Gasteiger partial charge in [0, 0.05) is 43.1 Å². The zero-order chi connectivity index (χ0) is 15.2. The molecule has 1 unspecified atom stereocenters. The summed E-state index contributed by atoms with van der Waals surface area (Å²) in [6, 6.07) is 5.37. The topological polar surface area (TPSA) is 58.4 Å². The number of nitrogens with zero attached hydrogens (tertiary/aromatic N) is 2. The SMILES string of the molecule is CCCNc1cc(N2CCCC(C)CC2)cc([N+](=O)[O-])c1. The maximum atomic E-state index is 11.1. The molecular formula is C16H25N3O2. The van der Waals surface area contributed by atoms with Crippen LogP contribution in [-0.4, -0.2) is 24.6 Å². The number of nitro benzene ring substituents is 1. The maximum Gasteiger partial charge on any atom is 0.273 e. The molecule has 0 radical (unpaired) electrons. The summed E-state index contributed by atoms with van der Waals surface area (Å²) in [6.45, 7) is 7.17. The second kappa shape index (κ2) is 7.29. The summed E-state index contributed by atoms with van der Waals surface area (Å²) in [6.07, 6.45) is 4.55. The van der Waals surface area contributed by atoms with Crippen molar-refractivity contribution in [1.29, 1.82) is 0 Å². The van der Waals surface area contributed by atoms with Crippen molar-refractivity contribution in [3.05, 3.63) is 28.3 Å². The maximum absolute atomic E-state index is 11.1. The van der Waals surface area contributed by atoms with Crippen LogP contribution in [0.4, 0.5) is 17.1 Å². The Morgan fingerprint density at radius 3 is 2.86 bits per heavy atom. The van der Waals surface area contributed by atoms with Crippen molar-refractivity contribution < 1.29 is 4.92 Å². The van der Waals surface area contributed by atoms with Crippen molar-refractivity contribution in [3.8, 4) is 0 Å². The summed E-state index contributed by atoms with van der Waals surface area (Å²) >= 11 is 0. The molecule has 21 heavy (non-hydrogen) atoms. The summed E-state index contributed by atoms with van der Waals surface area (Å²) < 4.78 is 0. The van der Waals surface area contributed by atoms with Crippen LogP contribution in [0.15, 0.2) is 18.2 Å². The van der Waals surface area contributed by atoms with Crippen LogP contribution in [0.3, 0.4) is 0 Å². The number of benzene rings is 1. The molecule has 1 aromatic rings. The van der Waals surface area contributed by atoms with Gasteiger partial charge in [0.1, 0.15) is 0 Å². The van der Waals surface area contributed by atoms with Crippen molar-refractivity contribution in [2.45, 2.75) is 39.5 Å². The van der Waals surface area contributed by atoms with Gasteiger partial charge in [-0.05, 0) is 37.7 Å². The standard InChI is InChI=1S/C16H25N3O2/c1-3-7-17-14-10-15(12-16(11-14)19(20)21)18-8-4-5-13(2)6-9-18/h10-13,17H,3-9H2,1-2H3. The molecule has 116 valence electrons. The van der Waals surface area contributed by atoms with E-state index < -0.39 is 0 Å². The fourth-order valence-corrected chi connectivity index (χ4v) is 2.78. The lowest BCUT2D eigenvalue weighted by molar-refractivity contribution is -0.384. The van der Waals surface area contributed by atoms with Crippen LogP contribution in [0.5, 0.6) is 0 Å². The average Bonchev–Trinajstić information content (AvgIpc) is 2.69. The molecule has 0 amide bonds. The zero-order valence-corrected chi connectivity index (χ0v) is 13.0. The lowest BCUT2D eigenvalue weighted by Crippen LogP contribution is -2.24. The number of hydrogen-bond donors (Lipinski definition) is 1. The summed E-state index contributed by atoms with van der Waals surface area (Å²) in [5.41, 5.74) is 1.98. The molecular weight excluding hydrogens is 266 g/mol. The third kappa shape index (κ3) is 4.34. The number of nitrogens with one attached hydrogen (secondary N) is 1. The predicted molar refractivity (Wildman–Crippen MR) is 87.1 cm³/mol. The molecule has 2 rings (SSSR count). The highest BCUT2D eigenvalue weighted by atomic mass is 16.6. The molecule has 0 bridgehead atoms. The van der Waals surface area contributed by atoms with Gasteiger partial charge >= 0.3 is 0 Å². The summed E-state index contributed by atoms with van der Waals surface area (Å²) in [4.78, 5) is 13.1. The van der Waals surface area contributed by atoms with Gasteiger partial charge < -0.3 is 10.2 Å². The van der Waals surface area contributed by atoms with Gasteiger partial charge in [-0.1, -0.05) is 13.8 Å². The van der Waals surface area contributed by atoms with E-state index in [4.69, 9.17) is 0 Å². The number of hydrogen-bond acceptors (Lipinski definition) is 4. The lowest BCUT2D eigenvalue weighted by Gasteiger charge is -2.23. The Kier molecular flexibility index (Phi) is 5.42. The summed E-state index contributed by atoms with van der Waals surface area (Å²) in [5.74, 6) is 0.742. The van der Waals surface area contributed by atoms with E-state index in [9.17, 15) is 10.1 Å². The molecule has 1 aliphatic rings. The third-order valence-corrected chi connectivity index (χ3v) is 4.07. The molecule has 1 fully saturated rings. The van der Waals surface area contributed by atoms with Gasteiger partial charge in [0.05, 0.1) is 4.92 Å². The summed E-state index contributed by atoms with van der Waals surface area (Å²) in [5, 5.41) is 14.4. The Labute approximate surface area is 126 Å². The van der Waals surface area contributed by atoms with Crippen LogP contribution in [0.2, 0.25) is 0 Å². The van der Waals surface area contributed by atoms with E-state index in [0.717, 1.165) is 56.2 Å². The van der Waals surface area contributed by atoms with Crippen molar-refractivity contribution in [1.82, 2.24) is 0 Å². The number of non-ortho nitro benzene ring substituents is 1. The highest BCUT2D eigenvalue weighted by molar-refractivity contribution is 5.64. The van der Waals surface area contributed by atoms with Gasteiger partial charge in [-0.3, -0.25) is 10.1 Å². The number of anilines is 2. The molecule has 5 heteroatoms. The van der Waals surface area contributed by atoms with E-state index >= 15 is 0 Å². The minimum atomic E-state index is -0.304. The van der Waals surface area contributed by atoms with Gasteiger partial charge in [-0.15, -0.1) is 0 Å². The molecule has 1 aliphatic heterocycles. The fourth-order valence-electron chi connectivity index (χ4n) is 2.78. The van der Waals surface area contributed by atoms with Gasteiger partial charge in [-0.2, -0.15) is 0 Å². The van der Waals surface area contributed by atoms with Crippen molar-refractivity contribution >= 4 is 17.1 Å². The number of nitro groups is 1. The third-order valence-electron chi connectivity index (χ3n) is 4.07.